The van der Waals surface area contributed by atoms with Gasteiger partial charge < -0.3 is 10.6 Å². The van der Waals surface area contributed by atoms with E-state index in [0.717, 1.165) is 26.2 Å². The number of nitrogens with zero attached hydrogens (tertiary/aromatic N) is 2. The van der Waals surface area contributed by atoms with Crippen molar-refractivity contribution in [1.29, 1.82) is 0 Å². The van der Waals surface area contributed by atoms with Gasteiger partial charge in [0.05, 0.1) is 0 Å². The zero-order valence-corrected chi connectivity index (χ0v) is 8.51. The molecule has 1 aliphatic heterocycles. The Morgan fingerprint density at radius 3 is 2.50 bits per heavy atom. The molecule has 0 aliphatic carbocycles. The van der Waals surface area contributed by atoms with E-state index in [2.05, 4.69) is 30.7 Å². The standard InChI is InChI=1S/C9H21N3/c1-9(2)8-11(3)6-7-12(9)5-4-10/h4-8,10H2,1-3H3. The van der Waals surface area contributed by atoms with Crippen LogP contribution in [0.3, 0.4) is 0 Å². The number of hydrogen-bond acceptors (Lipinski definition) is 3. The van der Waals surface area contributed by atoms with Crippen molar-refractivity contribution in [1.82, 2.24) is 9.80 Å². The van der Waals surface area contributed by atoms with Gasteiger partial charge in [0.15, 0.2) is 0 Å². The van der Waals surface area contributed by atoms with Crippen molar-refractivity contribution < 1.29 is 0 Å². The lowest BCUT2D eigenvalue weighted by Gasteiger charge is -2.46. The number of piperazine rings is 1. The summed E-state index contributed by atoms with van der Waals surface area (Å²) in [6.45, 7) is 9.85. The fourth-order valence-corrected chi connectivity index (χ4v) is 2.00. The zero-order valence-electron chi connectivity index (χ0n) is 8.51. The molecule has 0 aromatic heterocycles. The van der Waals surface area contributed by atoms with Crippen molar-refractivity contribution in [2.24, 2.45) is 5.73 Å². The molecular formula is C9H21N3. The predicted octanol–water partition coefficient (Wildman–Crippen LogP) is -0.0289. The van der Waals surface area contributed by atoms with Gasteiger partial charge in [-0.1, -0.05) is 0 Å². The summed E-state index contributed by atoms with van der Waals surface area (Å²) in [6, 6.07) is 0. The van der Waals surface area contributed by atoms with E-state index >= 15 is 0 Å². The summed E-state index contributed by atoms with van der Waals surface area (Å²) in [7, 11) is 2.18. The van der Waals surface area contributed by atoms with Crippen LogP contribution in [0.15, 0.2) is 0 Å². The molecule has 1 fully saturated rings. The fourth-order valence-electron chi connectivity index (χ4n) is 2.00. The first kappa shape index (κ1) is 9.96. The Labute approximate surface area is 75.5 Å². The third-order valence-electron chi connectivity index (χ3n) is 2.66. The highest BCUT2D eigenvalue weighted by atomic mass is 15.3. The van der Waals surface area contributed by atoms with Crippen molar-refractivity contribution >= 4 is 0 Å². The molecule has 2 N–H and O–H groups in total. The second-order valence-electron chi connectivity index (χ2n) is 4.33. The Bertz CT molecular complexity index is 145. The number of likely N-dealkylation sites (N-methyl/N-ethyl adjacent to an activating group) is 1. The van der Waals surface area contributed by atoms with Crippen LogP contribution < -0.4 is 5.73 Å². The highest BCUT2D eigenvalue weighted by Crippen LogP contribution is 2.18. The number of hydrogen-bond donors (Lipinski definition) is 1. The summed E-state index contributed by atoms with van der Waals surface area (Å²) in [5, 5.41) is 0. The van der Waals surface area contributed by atoms with Crippen LogP contribution in [0.4, 0.5) is 0 Å². The third kappa shape index (κ3) is 2.19. The van der Waals surface area contributed by atoms with E-state index in [1.165, 1.54) is 6.54 Å². The van der Waals surface area contributed by atoms with Crippen molar-refractivity contribution in [2.75, 3.05) is 39.8 Å². The summed E-state index contributed by atoms with van der Waals surface area (Å²) < 4.78 is 0. The van der Waals surface area contributed by atoms with Gasteiger partial charge in [0.2, 0.25) is 0 Å². The van der Waals surface area contributed by atoms with Crippen LogP contribution in [-0.2, 0) is 0 Å². The lowest BCUT2D eigenvalue weighted by Crippen LogP contribution is -2.59. The zero-order chi connectivity index (χ0) is 9.19. The van der Waals surface area contributed by atoms with Gasteiger partial charge in [-0.3, -0.25) is 4.90 Å². The van der Waals surface area contributed by atoms with E-state index in [4.69, 9.17) is 5.73 Å². The smallest absolute Gasteiger partial charge is 0.0281 e. The highest BCUT2D eigenvalue weighted by Gasteiger charge is 2.31. The first-order chi connectivity index (χ1) is 5.56. The van der Waals surface area contributed by atoms with Crippen LogP contribution in [-0.4, -0.2) is 55.1 Å². The van der Waals surface area contributed by atoms with Crippen molar-refractivity contribution in [3.63, 3.8) is 0 Å². The van der Waals surface area contributed by atoms with Gasteiger partial charge in [-0.2, -0.15) is 0 Å². The lowest BCUT2D eigenvalue weighted by molar-refractivity contribution is 0.0344. The molecule has 0 unspecified atom stereocenters. The van der Waals surface area contributed by atoms with Crippen LogP contribution in [0.2, 0.25) is 0 Å². The second-order valence-corrected chi connectivity index (χ2v) is 4.33. The van der Waals surface area contributed by atoms with Crippen molar-refractivity contribution in [3.05, 3.63) is 0 Å². The Morgan fingerprint density at radius 1 is 1.33 bits per heavy atom. The highest BCUT2D eigenvalue weighted by molar-refractivity contribution is 4.88. The molecule has 0 radical (unpaired) electrons. The second kappa shape index (κ2) is 3.73. The monoisotopic (exact) mass is 171 g/mol. The average Bonchev–Trinajstić information content (AvgIpc) is 1.94. The largest absolute Gasteiger partial charge is 0.329 e. The van der Waals surface area contributed by atoms with E-state index in [-0.39, 0.29) is 0 Å². The summed E-state index contributed by atoms with van der Waals surface area (Å²) in [5.41, 5.74) is 5.86. The van der Waals surface area contributed by atoms with Gasteiger partial charge in [-0.25, -0.2) is 0 Å². The van der Waals surface area contributed by atoms with Crippen LogP contribution in [0.25, 0.3) is 0 Å². The number of rotatable bonds is 2. The average molecular weight is 171 g/mol. The summed E-state index contributed by atoms with van der Waals surface area (Å²) in [5.74, 6) is 0. The quantitative estimate of drug-likeness (QED) is 0.633. The molecular weight excluding hydrogens is 150 g/mol. The van der Waals surface area contributed by atoms with E-state index in [9.17, 15) is 0 Å². The van der Waals surface area contributed by atoms with E-state index in [1.807, 2.05) is 0 Å². The molecule has 0 bridgehead atoms. The van der Waals surface area contributed by atoms with E-state index in [0.29, 0.717) is 5.54 Å². The van der Waals surface area contributed by atoms with Gasteiger partial charge in [0.25, 0.3) is 0 Å². The molecule has 0 spiro atoms. The SMILES string of the molecule is CN1CCN(CCN)C(C)(C)C1. The minimum absolute atomic E-state index is 0.298. The minimum atomic E-state index is 0.298. The van der Waals surface area contributed by atoms with Crippen molar-refractivity contribution in [2.45, 2.75) is 19.4 Å². The molecule has 0 amide bonds. The van der Waals surface area contributed by atoms with Gasteiger partial charge in [0.1, 0.15) is 0 Å². The molecule has 1 aliphatic rings. The predicted molar refractivity (Wildman–Crippen MR) is 52.2 cm³/mol. The molecule has 1 heterocycles. The molecule has 0 aromatic rings. The lowest BCUT2D eigenvalue weighted by atomic mass is 9.99. The van der Waals surface area contributed by atoms with Crippen LogP contribution in [0.5, 0.6) is 0 Å². The van der Waals surface area contributed by atoms with Gasteiger partial charge in [-0.15, -0.1) is 0 Å². The first-order valence-electron chi connectivity index (χ1n) is 4.70. The van der Waals surface area contributed by atoms with Gasteiger partial charge in [0, 0.05) is 38.3 Å². The van der Waals surface area contributed by atoms with E-state index in [1.54, 1.807) is 0 Å². The number of nitrogens with two attached hydrogens (primary N) is 1. The Kier molecular flexibility index (Phi) is 3.09. The summed E-state index contributed by atoms with van der Waals surface area (Å²) in [4.78, 5) is 4.86. The maximum atomic E-state index is 5.56. The molecule has 3 heteroatoms. The maximum absolute atomic E-state index is 5.56. The first-order valence-corrected chi connectivity index (χ1v) is 4.70. The third-order valence-corrected chi connectivity index (χ3v) is 2.66. The van der Waals surface area contributed by atoms with Gasteiger partial charge in [-0.05, 0) is 20.9 Å². The van der Waals surface area contributed by atoms with Crippen LogP contribution in [0.1, 0.15) is 13.8 Å². The molecule has 3 nitrogen and oxygen atoms in total. The molecule has 0 atom stereocenters. The molecule has 12 heavy (non-hydrogen) atoms. The Balaban J connectivity index is 2.51. The maximum Gasteiger partial charge on any atom is 0.0281 e. The topological polar surface area (TPSA) is 32.5 Å². The molecule has 1 rings (SSSR count). The van der Waals surface area contributed by atoms with E-state index < -0.39 is 0 Å². The van der Waals surface area contributed by atoms with Crippen LogP contribution >= 0.6 is 0 Å². The summed E-state index contributed by atoms with van der Waals surface area (Å²) in [6.07, 6.45) is 0. The van der Waals surface area contributed by atoms with Gasteiger partial charge >= 0.3 is 0 Å². The van der Waals surface area contributed by atoms with Crippen molar-refractivity contribution in [3.8, 4) is 0 Å². The molecule has 72 valence electrons. The molecule has 1 saturated heterocycles. The minimum Gasteiger partial charge on any atom is -0.329 e. The fraction of sp³-hybridized carbons (Fsp3) is 1.00. The molecule has 0 saturated carbocycles. The summed E-state index contributed by atoms with van der Waals surface area (Å²) >= 11 is 0. The normalized spacial score (nSPS) is 26.0. The Hall–Kier alpha value is -0.120. The molecule has 0 aromatic carbocycles. The van der Waals surface area contributed by atoms with Crippen LogP contribution in [0, 0.1) is 0 Å². The Morgan fingerprint density at radius 2 is 2.00 bits per heavy atom.